The van der Waals surface area contributed by atoms with Crippen LogP contribution >= 0.6 is 11.6 Å². The van der Waals surface area contributed by atoms with E-state index in [1.807, 2.05) is 0 Å². The van der Waals surface area contributed by atoms with Gasteiger partial charge in [-0.3, -0.25) is 4.79 Å². The van der Waals surface area contributed by atoms with E-state index in [9.17, 15) is 4.79 Å². The van der Waals surface area contributed by atoms with Crippen molar-refractivity contribution < 1.29 is 4.79 Å². The van der Waals surface area contributed by atoms with Crippen LogP contribution in [-0.4, -0.2) is 19.0 Å². The van der Waals surface area contributed by atoms with Gasteiger partial charge in [-0.05, 0) is 36.7 Å². The molecule has 0 aliphatic carbocycles. The molecule has 1 amide bonds. The maximum absolute atomic E-state index is 11.6. The lowest BCUT2D eigenvalue weighted by Gasteiger charge is -2.13. The van der Waals surface area contributed by atoms with Gasteiger partial charge in [0, 0.05) is 10.7 Å². The van der Waals surface area contributed by atoms with E-state index in [1.54, 1.807) is 24.3 Å². The van der Waals surface area contributed by atoms with Crippen molar-refractivity contribution in [2.75, 3.05) is 18.4 Å². The highest BCUT2D eigenvalue weighted by atomic mass is 35.5. The molecule has 0 unspecified atom stereocenters. The van der Waals surface area contributed by atoms with Crippen molar-refractivity contribution in [1.29, 1.82) is 0 Å². The first-order valence-corrected chi connectivity index (χ1v) is 6.79. The third kappa shape index (κ3) is 5.52. The van der Waals surface area contributed by atoms with Gasteiger partial charge in [0.05, 0.1) is 6.54 Å². The molecule has 0 aromatic heterocycles. The summed E-state index contributed by atoms with van der Waals surface area (Å²) in [6.45, 7) is 5.58. The van der Waals surface area contributed by atoms with Crippen molar-refractivity contribution in [3.63, 3.8) is 0 Å². The number of nitrogens with one attached hydrogen (secondary N) is 2. The second-order valence-corrected chi connectivity index (χ2v) is 4.80. The SMILES string of the molecule is CCC(CC)CNCC(=O)Nc1ccc(Cl)cc1. The Morgan fingerprint density at radius 2 is 1.83 bits per heavy atom. The summed E-state index contributed by atoms with van der Waals surface area (Å²) in [5.41, 5.74) is 0.772. The standard InChI is InChI=1S/C14H21ClN2O/c1-3-11(4-2)9-16-10-14(18)17-13-7-5-12(15)6-8-13/h5-8,11,16H,3-4,9-10H2,1-2H3,(H,17,18). The molecule has 0 spiro atoms. The predicted octanol–water partition coefficient (Wildman–Crippen LogP) is 3.30. The first kappa shape index (κ1) is 15.0. The molecule has 1 rings (SSSR count). The number of benzene rings is 1. The van der Waals surface area contributed by atoms with E-state index in [4.69, 9.17) is 11.6 Å². The summed E-state index contributed by atoms with van der Waals surface area (Å²) in [7, 11) is 0. The van der Waals surface area contributed by atoms with E-state index in [-0.39, 0.29) is 5.91 Å². The molecule has 3 nitrogen and oxygen atoms in total. The fourth-order valence-electron chi connectivity index (χ4n) is 1.71. The van der Waals surface area contributed by atoms with Gasteiger partial charge in [0.2, 0.25) is 5.91 Å². The first-order valence-electron chi connectivity index (χ1n) is 6.41. The van der Waals surface area contributed by atoms with Crippen molar-refractivity contribution >= 4 is 23.2 Å². The number of carbonyl (C=O) groups excluding carboxylic acids is 1. The molecular formula is C14H21ClN2O. The van der Waals surface area contributed by atoms with E-state index in [1.165, 1.54) is 0 Å². The van der Waals surface area contributed by atoms with Crippen LogP contribution in [0.4, 0.5) is 5.69 Å². The van der Waals surface area contributed by atoms with Gasteiger partial charge in [-0.15, -0.1) is 0 Å². The Kier molecular flexibility index (Phi) is 6.76. The van der Waals surface area contributed by atoms with Crippen LogP contribution in [0.2, 0.25) is 5.02 Å². The zero-order valence-corrected chi connectivity index (χ0v) is 11.8. The van der Waals surface area contributed by atoms with Gasteiger partial charge in [-0.2, -0.15) is 0 Å². The summed E-state index contributed by atoms with van der Waals surface area (Å²) in [5.74, 6) is 0.622. The van der Waals surface area contributed by atoms with Gasteiger partial charge in [0.25, 0.3) is 0 Å². The van der Waals surface area contributed by atoms with E-state index in [0.717, 1.165) is 25.1 Å². The molecule has 0 heterocycles. The highest BCUT2D eigenvalue weighted by Crippen LogP contribution is 2.13. The first-order chi connectivity index (χ1) is 8.65. The highest BCUT2D eigenvalue weighted by Gasteiger charge is 2.05. The molecule has 0 saturated heterocycles. The molecule has 1 aromatic carbocycles. The highest BCUT2D eigenvalue weighted by molar-refractivity contribution is 6.30. The summed E-state index contributed by atoms with van der Waals surface area (Å²) in [4.78, 5) is 11.6. The van der Waals surface area contributed by atoms with Crippen molar-refractivity contribution in [3.8, 4) is 0 Å². The molecule has 0 saturated carbocycles. The average molecular weight is 269 g/mol. The van der Waals surface area contributed by atoms with Crippen LogP contribution in [0.5, 0.6) is 0 Å². The Labute approximate surface area is 114 Å². The van der Waals surface area contributed by atoms with Crippen LogP contribution in [0.15, 0.2) is 24.3 Å². The Morgan fingerprint density at radius 3 is 2.39 bits per heavy atom. The molecule has 0 fully saturated rings. The van der Waals surface area contributed by atoms with Crippen LogP contribution in [-0.2, 0) is 4.79 Å². The predicted molar refractivity (Wildman–Crippen MR) is 77.0 cm³/mol. The zero-order valence-electron chi connectivity index (χ0n) is 11.0. The second kappa shape index (κ2) is 8.11. The van der Waals surface area contributed by atoms with E-state index < -0.39 is 0 Å². The number of hydrogen-bond acceptors (Lipinski definition) is 2. The number of carbonyl (C=O) groups is 1. The lowest BCUT2D eigenvalue weighted by atomic mass is 10.0. The minimum Gasteiger partial charge on any atom is -0.325 e. The summed E-state index contributed by atoms with van der Waals surface area (Å²) in [5, 5.41) is 6.67. The van der Waals surface area contributed by atoms with Gasteiger partial charge in [0.15, 0.2) is 0 Å². The van der Waals surface area contributed by atoms with Crippen molar-refractivity contribution in [1.82, 2.24) is 5.32 Å². The zero-order chi connectivity index (χ0) is 13.4. The van der Waals surface area contributed by atoms with E-state index in [2.05, 4.69) is 24.5 Å². The molecule has 100 valence electrons. The Balaban J connectivity index is 2.27. The maximum Gasteiger partial charge on any atom is 0.238 e. The quantitative estimate of drug-likeness (QED) is 0.797. The third-order valence-corrected chi connectivity index (χ3v) is 3.25. The lowest BCUT2D eigenvalue weighted by Crippen LogP contribution is -2.31. The lowest BCUT2D eigenvalue weighted by molar-refractivity contribution is -0.115. The minimum absolute atomic E-state index is 0.0247. The van der Waals surface area contributed by atoms with Gasteiger partial charge in [-0.25, -0.2) is 0 Å². The molecule has 0 aliphatic rings. The van der Waals surface area contributed by atoms with Gasteiger partial charge in [-0.1, -0.05) is 38.3 Å². The topological polar surface area (TPSA) is 41.1 Å². The Bertz CT molecular complexity index is 361. The number of anilines is 1. The van der Waals surface area contributed by atoms with Crippen molar-refractivity contribution in [2.24, 2.45) is 5.92 Å². The molecule has 2 N–H and O–H groups in total. The maximum atomic E-state index is 11.6. The normalized spacial score (nSPS) is 10.7. The fourth-order valence-corrected chi connectivity index (χ4v) is 1.83. The Hall–Kier alpha value is -1.06. The van der Waals surface area contributed by atoms with Crippen LogP contribution in [0, 0.1) is 5.92 Å². The molecule has 0 aliphatic heterocycles. The van der Waals surface area contributed by atoms with Crippen molar-refractivity contribution in [2.45, 2.75) is 26.7 Å². The van der Waals surface area contributed by atoms with Gasteiger partial charge < -0.3 is 10.6 Å². The van der Waals surface area contributed by atoms with Crippen LogP contribution in [0.1, 0.15) is 26.7 Å². The van der Waals surface area contributed by atoms with Gasteiger partial charge >= 0.3 is 0 Å². The van der Waals surface area contributed by atoms with Gasteiger partial charge in [0.1, 0.15) is 0 Å². The van der Waals surface area contributed by atoms with E-state index >= 15 is 0 Å². The monoisotopic (exact) mass is 268 g/mol. The molecule has 0 atom stereocenters. The van der Waals surface area contributed by atoms with Crippen LogP contribution in [0.25, 0.3) is 0 Å². The molecule has 1 aromatic rings. The molecule has 0 radical (unpaired) electrons. The molecule has 18 heavy (non-hydrogen) atoms. The van der Waals surface area contributed by atoms with Crippen molar-refractivity contribution in [3.05, 3.63) is 29.3 Å². The van der Waals surface area contributed by atoms with Crippen LogP contribution < -0.4 is 10.6 Å². The van der Waals surface area contributed by atoms with E-state index in [0.29, 0.717) is 17.5 Å². The second-order valence-electron chi connectivity index (χ2n) is 4.37. The summed E-state index contributed by atoms with van der Waals surface area (Å²) < 4.78 is 0. The molecule has 0 bridgehead atoms. The summed E-state index contributed by atoms with van der Waals surface area (Å²) in [6, 6.07) is 7.10. The fraction of sp³-hybridized carbons (Fsp3) is 0.500. The third-order valence-electron chi connectivity index (χ3n) is 3.00. The number of halogens is 1. The number of rotatable bonds is 7. The molecular weight excluding hydrogens is 248 g/mol. The smallest absolute Gasteiger partial charge is 0.238 e. The largest absolute Gasteiger partial charge is 0.325 e. The average Bonchev–Trinajstić information content (AvgIpc) is 2.37. The molecule has 4 heteroatoms. The summed E-state index contributed by atoms with van der Waals surface area (Å²) in [6.07, 6.45) is 2.28. The summed E-state index contributed by atoms with van der Waals surface area (Å²) >= 11 is 5.77. The minimum atomic E-state index is -0.0247. The number of amides is 1. The Morgan fingerprint density at radius 1 is 1.22 bits per heavy atom. The van der Waals surface area contributed by atoms with Crippen LogP contribution in [0.3, 0.4) is 0 Å². The number of hydrogen-bond donors (Lipinski definition) is 2.